The first-order chi connectivity index (χ1) is 14.9. The summed E-state index contributed by atoms with van der Waals surface area (Å²) in [4.78, 5) is 30.4. The molecular formula is C23H30ClN3O3S. The Morgan fingerprint density at radius 1 is 1.13 bits per heavy atom. The maximum Gasteiger partial charge on any atom is 0.262 e. The van der Waals surface area contributed by atoms with Crippen LogP contribution in [0.2, 0.25) is 5.02 Å². The molecule has 4 rings (SSSR count). The number of amides is 2. The van der Waals surface area contributed by atoms with Gasteiger partial charge >= 0.3 is 0 Å². The lowest BCUT2D eigenvalue weighted by molar-refractivity contribution is -0.136. The maximum absolute atomic E-state index is 13.0. The number of nitrogens with one attached hydrogen (secondary N) is 1. The van der Waals surface area contributed by atoms with E-state index >= 15 is 0 Å². The Kier molecular flexibility index (Phi) is 7.16. The molecule has 1 aromatic carbocycles. The molecule has 31 heavy (non-hydrogen) atoms. The highest BCUT2D eigenvalue weighted by Crippen LogP contribution is 2.32. The van der Waals surface area contributed by atoms with Crippen molar-refractivity contribution in [2.75, 3.05) is 39.8 Å². The van der Waals surface area contributed by atoms with E-state index in [0.717, 1.165) is 41.9 Å². The van der Waals surface area contributed by atoms with Gasteiger partial charge in [-0.1, -0.05) is 17.7 Å². The fourth-order valence-corrected chi connectivity index (χ4v) is 6.09. The minimum absolute atomic E-state index is 0.193. The summed E-state index contributed by atoms with van der Waals surface area (Å²) in [6.07, 6.45) is 4.49. The highest BCUT2D eigenvalue weighted by Gasteiger charge is 2.33. The molecule has 0 aliphatic carbocycles. The molecule has 3 heterocycles. The van der Waals surface area contributed by atoms with Crippen molar-refractivity contribution >= 4 is 44.8 Å². The van der Waals surface area contributed by atoms with Crippen LogP contribution in [0.1, 0.15) is 35.4 Å². The Hall–Kier alpha value is -1.67. The molecule has 8 heteroatoms. The largest absolute Gasteiger partial charge is 0.394 e. The quantitative estimate of drug-likeness (QED) is 0.714. The average Bonchev–Trinajstić information content (AvgIpc) is 3.21. The van der Waals surface area contributed by atoms with Gasteiger partial charge in [0.2, 0.25) is 5.91 Å². The van der Waals surface area contributed by atoms with Crippen LogP contribution in [0.3, 0.4) is 0 Å². The minimum Gasteiger partial charge on any atom is -0.394 e. The van der Waals surface area contributed by atoms with Gasteiger partial charge in [-0.15, -0.1) is 11.3 Å². The highest BCUT2D eigenvalue weighted by molar-refractivity contribution is 7.20. The van der Waals surface area contributed by atoms with Gasteiger partial charge in [0.15, 0.2) is 0 Å². The summed E-state index contributed by atoms with van der Waals surface area (Å²) in [6.45, 7) is 3.31. The standard InChI is InChI=1S/C23H30ClN3O3S/c1-26-8-4-15(5-9-26)16-6-10-27(11-7-16)23(30)19(14-28)25-22(29)21-12-17-2-3-18(24)13-20(17)31-21/h2-3,12-13,15-16,19,28H,4-11,14H2,1H3,(H,25,29)/t19-/m1/s1. The molecule has 2 aromatic rings. The molecule has 1 aromatic heterocycles. The van der Waals surface area contributed by atoms with Crippen molar-refractivity contribution in [3.05, 3.63) is 34.2 Å². The van der Waals surface area contributed by atoms with Crippen LogP contribution in [-0.4, -0.2) is 72.6 Å². The number of likely N-dealkylation sites (tertiary alicyclic amines) is 2. The minimum atomic E-state index is -0.916. The summed E-state index contributed by atoms with van der Waals surface area (Å²) in [5.74, 6) is 0.890. The summed E-state index contributed by atoms with van der Waals surface area (Å²) in [6, 6.07) is 6.35. The third-order valence-corrected chi connectivity index (χ3v) is 8.10. The van der Waals surface area contributed by atoms with Gasteiger partial charge in [-0.3, -0.25) is 9.59 Å². The molecule has 0 spiro atoms. The summed E-state index contributed by atoms with van der Waals surface area (Å²) in [7, 11) is 2.18. The Balaban J connectivity index is 1.33. The molecule has 2 saturated heterocycles. The lowest BCUT2D eigenvalue weighted by Crippen LogP contribution is -2.52. The van der Waals surface area contributed by atoms with E-state index in [0.29, 0.717) is 28.9 Å². The Morgan fingerprint density at radius 3 is 2.42 bits per heavy atom. The zero-order valence-corrected chi connectivity index (χ0v) is 19.4. The number of aliphatic hydroxyl groups is 1. The summed E-state index contributed by atoms with van der Waals surface area (Å²) in [5, 5.41) is 14.1. The number of piperidine rings is 2. The number of carbonyl (C=O) groups excluding carboxylic acids is 2. The van der Waals surface area contributed by atoms with Crippen LogP contribution in [-0.2, 0) is 4.79 Å². The number of halogens is 1. The van der Waals surface area contributed by atoms with Crippen molar-refractivity contribution in [1.29, 1.82) is 0 Å². The van der Waals surface area contributed by atoms with E-state index in [1.807, 2.05) is 12.1 Å². The smallest absolute Gasteiger partial charge is 0.262 e. The fourth-order valence-electron chi connectivity index (χ4n) is 4.84. The molecule has 0 radical (unpaired) electrons. The first kappa shape index (κ1) is 22.5. The monoisotopic (exact) mass is 463 g/mol. The van der Waals surface area contributed by atoms with Crippen molar-refractivity contribution in [3.63, 3.8) is 0 Å². The zero-order valence-electron chi connectivity index (χ0n) is 17.8. The predicted molar refractivity (Wildman–Crippen MR) is 125 cm³/mol. The first-order valence-corrected chi connectivity index (χ1v) is 12.2. The molecule has 168 valence electrons. The van der Waals surface area contributed by atoms with Crippen LogP contribution in [0.5, 0.6) is 0 Å². The van der Waals surface area contributed by atoms with Gasteiger partial charge in [0.25, 0.3) is 5.91 Å². The van der Waals surface area contributed by atoms with Gasteiger partial charge < -0.3 is 20.2 Å². The van der Waals surface area contributed by atoms with Crippen LogP contribution < -0.4 is 5.32 Å². The number of aliphatic hydroxyl groups excluding tert-OH is 1. The molecule has 2 amide bonds. The van der Waals surface area contributed by atoms with Gasteiger partial charge in [0.1, 0.15) is 6.04 Å². The topological polar surface area (TPSA) is 72.9 Å². The molecule has 0 unspecified atom stereocenters. The molecule has 2 N–H and O–H groups in total. The molecule has 2 aliphatic heterocycles. The number of rotatable bonds is 5. The molecule has 0 bridgehead atoms. The Labute approximate surface area is 192 Å². The molecule has 1 atom stereocenters. The van der Waals surface area contributed by atoms with Crippen LogP contribution in [0.15, 0.2) is 24.3 Å². The van der Waals surface area contributed by atoms with Crippen LogP contribution >= 0.6 is 22.9 Å². The molecular weight excluding hydrogens is 434 g/mol. The molecule has 2 aliphatic rings. The average molecular weight is 464 g/mol. The van der Waals surface area contributed by atoms with Gasteiger partial charge in [-0.2, -0.15) is 0 Å². The van der Waals surface area contributed by atoms with Gasteiger partial charge in [0, 0.05) is 22.8 Å². The van der Waals surface area contributed by atoms with Crippen molar-refractivity contribution in [1.82, 2.24) is 15.1 Å². The predicted octanol–water partition coefficient (Wildman–Crippen LogP) is 3.23. The SMILES string of the molecule is CN1CCC(C2CCN(C(=O)[C@@H](CO)NC(=O)c3cc4ccc(Cl)cc4s3)CC2)CC1. The molecule has 2 fully saturated rings. The number of thiophene rings is 1. The second-order valence-corrected chi connectivity index (χ2v) is 10.3. The van der Waals surface area contributed by atoms with Gasteiger partial charge in [-0.05, 0) is 81.2 Å². The Bertz CT molecular complexity index is 933. The summed E-state index contributed by atoms with van der Waals surface area (Å²) >= 11 is 7.36. The number of hydrogen-bond acceptors (Lipinski definition) is 5. The van der Waals surface area contributed by atoms with E-state index in [4.69, 9.17) is 11.6 Å². The number of nitrogens with zero attached hydrogens (tertiary/aromatic N) is 2. The summed E-state index contributed by atoms with van der Waals surface area (Å²) in [5.41, 5.74) is 0. The fraction of sp³-hybridized carbons (Fsp3) is 0.565. The number of benzene rings is 1. The van der Waals surface area contributed by atoms with Crippen molar-refractivity contribution in [2.45, 2.75) is 31.7 Å². The van der Waals surface area contributed by atoms with E-state index in [9.17, 15) is 14.7 Å². The van der Waals surface area contributed by atoms with Gasteiger partial charge in [-0.25, -0.2) is 0 Å². The number of hydrogen-bond donors (Lipinski definition) is 2. The van der Waals surface area contributed by atoms with Crippen molar-refractivity contribution in [3.8, 4) is 0 Å². The van der Waals surface area contributed by atoms with E-state index in [1.54, 1.807) is 17.0 Å². The molecule has 6 nitrogen and oxygen atoms in total. The second-order valence-electron chi connectivity index (χ2n) is 8.80. The van der Waals surface area contributed by atoms with E-state index in [2.05, 4.69) is 17.3 Å². The zero-order chi connectivity index (χ0) is 22.0. The Morgan fingerprint density at radius 2 is 1.77 bits per heavy atom. The van der Waals surface area contributed by atoms with Gasteiger partial charge in [0.05, 0.1) is 11.5 Å². The summed E-state index contributed by atoms with van der Waals surface area (Å²) < 4.78 is 0.917. The number of carbonyl (C=O) groups is 2. The van der Waals surface area contributed by atoms with E-state index < -0.39 is 12.6 Å². The maximum atomic E-state index is 13.0. The van der Waals surface area contributed by atoms with Crippen LogP contribution in [0.25, 0.3) is 10.1 Å². The van der Waals surface area contributed by atoms with Crippen molar-refractivity contribution in [2.24, 2.45) is 11.8 Å². The first-order valence-electron chi connectivity index (χ1n) is 11.0. The van der Waals surface area contributed by atoms with Crippen molar-refractivity contribution < 1.29 is 14.7 Å². The van der Waals surface area contributed by atoms with E-state index in [1.165, 1.54) is 24.2 Å². The normalized spacial score (nSPS) is 20.2. The third-order valence-electron chi connectivity index (χ3n) is 6.77. The highest BCUT2D eigenvalue weighted by atomic mass is 35.5. The van der Waals surface area contributed by atoms with Crippen LogP contribution in [0.4, 0.5) is 0 Å². The van der Waals surface area contributed by atoms with Crippen LogP contribution in [0, 0.1) is 11.8 Å². The van der Waals surface area contributed by atoms with E-state index in [-0.39, 0.29) is 11.8 Å². The second kappa shape index (κ2) is 9.86. The molecule has 0 saturated carbocycles. The lowest BCUT2D eigenvalue weighted by atomic mass is 9.79. The third kappa shape index (κ3) is 5.22. The lowest BCUT2D eigenvalue weighted by Gasteiger charge is -2.40. The number of fused-ring (bicyclic) bond motifs is 1.